The first kappa shape index (κ1) is 22.8. The van der Waals surface area contributed by atoms with E-state index in [1.165, 1.54) is 36.6 Å². The van der Waals surface area contributed by atoms with Gasteiger partial charge in [0.25, 0.3) is 21.8 Å². The van der Waals surface area contributed by atoms with Crippen LogP contribution in [0.3, 0.4) is 0 Å². The fourth-order valence-electron chi connectivity index (χ4n) is 2.89. The van der Waals surface area contributed by atoms with Gasteiger partial charge in [0.2, 0.25) is 0 Å². The molecule has 3 aromatic carbocycles. The number of carbonyl (C=O) groups is 2. The van der Waals surface area contributed by atoms with E-state index < -0.39 is 15.9 Å². The number of carbonyl (C=O) groups excluding carboxylic acids is 2. The molecule has 0 fully saturated rings. The Bertz CT molecular complexity index is 1210. The number of sulfonamides is 1. The fourth-order valence-corrected chi connectivity index (χ4v) is 4.13. The first-order chi connectivity index (χ1) is 15.3. The minimum atomic E-state index is -3.81. The van der Waals surface area contributed by atoms with Crippen molar-refractivity contribution >= 4 is 33.2 Å². The molecule has 0 spiro atoms. The smallest absolute Gasteiger partial charge is 0.264 e. The Hall–Kier alpha value is -3.85. The van der Waals surface area contributed by atoms with E-state index in [-0.39, 0.29) is 17.4 Å². The number of ether oxygens (including phenoxy) is 1. The number of amides is 2. The summed E-state index contributed by atoms with van der Waals surface area (Å²) in [6.45, 7) is -0.307. The number of para-hydroxylation sites is 1. The van der Waals surface area contributed by atoms with Crippen LogP contribution in [0, 0.1) is 0 Å². The van der Waals surface area contributed by atoms with Crippen molar-refractivity contribution in [3.8, 4) is 5.75 Å². The Morgan fingerprint density at radius 2 is 1.66 bits per heavy atom. The summed E-state index contributed by atoms with van der Waals surface area (Å²) in [6, 6.07) is 21.1. The van der Waals surface area contributed by atoms with Crippen molar-refractivity contribution in [2.75, 3.05) is 30.3 Å². The largest absolute Gasteiger partial charge is 0.484 e. The highest BCUT2D eigenvalue weighted by Crippen LogP contribution is 2.23. The van der Waals surface area contributed by atoms with Gasteiger partial charge in [0.1, 0.15) is 5.75 Å². The highest BCUT2D eigenvalue weighted by atomic mass is 32.2. The molecule has 3 rings (SSSR count). The van der Waals surface area contributed by atoms with Gasteiger partial charge in [0, 0.05) is 25.3 Å². The van der Waals surface area contributed by atoms with Crippen LogP contribution in [-0.2, 0) is 14.8 Å². The normalized spacial score (nSPS) is 10.8. The third-order valence-corrected chi connectivity index (χ3v) is 6.37. The zero-order chi connectivity index (χ0) is 23.1. The number of benzene rings is 3. The summed E-state index contributed by atoms with van der Waals surface area (Å²) in [6.07, 6.45) is 0. The number of anilines is 2. The van der Waals surface area contributed by atoms with E-state index in [0.717, 1.165) is 0 Å². The van der Waals surface area contributed by atoms with Gasteiger partial charge in [-0.15, -0.1) is 0 Å². The van der Waals surface area contributed by atoms with Crippen LogP contribution in [0.5, 0.6) is 5.75 Å². The molecular weight excluding hydrogens is 430 g/mol. The second-order valence-electron chi connectivity index (χ2n) is 6.78. The molecule has 0 saturated heterocycles. The number of nitrogens with one attached hydrogen (secondary N) is 2. The molecule has 0 radical (unpaired) electrons. The molecular formula is C23H23N3O5S. The standard InChI is InChI=1S/C23H23N3O5S/c1-24-23(28)17-8-6-12-20(14-17)31-16-22(27)25-18-9-7-13-21(15-18)32(29,30)26(2)19-10-4-3-5-11-19/h3-15H,16H2,1-2H3,(H,24,28)(H,25,27). The van der Waals surface area contributed by atoms with E-state index in [2.05, 4.69) is 10.6 Å². The Balaban J connectivity index is 1.67. The van der Waals surface area contributed by atoms with E-state index in [1.807, 2.05) is 0 Å². The molecule has 0 aromatic heterocycles. The highest BCUT2D eigenvalue weighted by molar-refractivity contribution is 7.92. The third-order valence-electron chi connectivity index (χ3n) is 4.59. The molecule has 0 aliphatic heterocycles. The lowest BCUT2D eigenvalue weighted by molar-refractivity contribution is -0.118. The minimum absolute atomic E-state index is 0.0425. The molecule has 2 amide bonds. The molecule has 0 aliphatic carbocycles. The topological polar surface area (TPSA) is 105 Å². The monoisotopic (exact) mass is 453 g/mol. The van der Waals surface area contributed by atoms with Crippen molar-refractivity contribution in [1.82, 2.24) is 5.32 Å². The molecule has 0 heterocycles. The van der Waals surface area contributed by atoms with Gasteiger partial charge < -0.3 is 15.4 Å². The van der Waals surface area contributed by atoms with Crippen molar-refractivity contribution in [1.29, 1.82) is 0 Å². The van der Waals surface area contributed by atoms with E-state index in [0.29, 0.717) is 22.7 Å². The van der Waals surface area contributed by atoms with Gasteiger partial charge in [-0.3, -0.25) is 13.9 Å². The summed E-state index contributed by atoms with van der Waals surface area (Å²) in [5.41, 5.74) is 1.25. The average molecular weight is 454 g/mol. The minimum Gasteiger partial charge on any atom is -0.484 e. The van der Waals surface area contributed by atoms with Gasteiger partial charge in [-0.2, -0.15) is 0 Å². The molecule has 0 unspecified atom stereocenters. The highest BCUT2D eigenvalue weighted by Gasteiger charge is 2.21. The maximum absolute atomic E-state index is 12.9. The van der Waals surface area contributed by atoms with Gasteiger partial charge in [-0.25, -0.2) is 8.42 Å². The summed E-state index contributed by atoms with van der Waals surface area (Å²) in [5, 5.41) is 5.14. The van der Waals surface area contributed by atoms with Crippen LogP contribution in [0.4, 0.5) is 11.4 Å². The van der Waals surface area contributed by atoms with E-state index in [1.54, 1.807) is 60.7 Å². The van der Waals surface area contributed by atoms with Crippen LogP contribution in [-0.4, -0.2) is 40.9 Å². The number of hydrogen-bond acceptors (Lipinski definition) is 5. The van der Waals surface area contributed by atoms with Crippen LogP contribution in [0.2, 0.25) is 0 Å². The molecule has 8 nitrogen and oxygen atoms in total. The van der Waals surface area contributed by atoms with Crippen molar-refractivity contribution in [3.05, 3.63) is 84.4 Å². The Labute approximate surface area is 186 Å². The number of hydrogen-bond donors (Lipinski definition) is 2. The third kappa shape index (κ3) is 5.44. The van der Waals surface area contributed by atoms with Gasteiger partial charge in [0.15, 0.2) is 6.61 Å². The summed E-state index contributed by atoms with van der Waals surface area (Å²) in [7, 11) is -0.816. The summed E-state index contributed by atoms with van der Waals surface area (Å²) in [5.74, 6) is -0.373. The first-order valence-electron chi connectivity index (χ1n) is 9.70. The van der Waals surface area contributed by atoms with E-state index >= 15 is 0 Å². The van der Waals surface area contributed by atoms with Crippen molar-refractivity contribution < 1.29 is 22.7 Å². The summed E-state index contributed by atoms with van der Waals surface area (Å²) in [4.78, 5) is 24.0. The molecule has 32 heavy (non-hydrogen) atoms. The zero-order valence-electron chi connectivity index (χ0n) is 17.6. The summed E-state index contributed by atoms with van der Waals surface area (Å²) < 4.78 is 32.5. The van der Waals surface area contributed by atoms with Gasteiger partial charge in [-0.1, -0.05) is 30.3 Å². The molecule has 0 bridgehead atoms. The van der Waals surface area contributed by atoms with Gasteiger partial charge in [-0.05, 0) is 48.5 Å². The van der Waals surface area contributed by atoms with Gasteiger partial charge in [0.05, 0.1) is 10.6 Å². The van der Waals surface area contributed by atoms with Crippen LogP contribution in [0.15, 0.2) is 83.8 Å². The van der Waals surface area contributed by atoms with Crippen molar-refractivity contribution in [2.45, 2.75) is 4.90 Å². The Morgan fingerprint density at radius 3 is 2.38 bits per heavy atom. The van der Waals surface area contributed by atoms with Crippen LogP contribution in [0.1, 0.15) is 10.4 Å². The summed E-state index contributed by atoms with van der Waals surface area (Å²) >= 11 is 0. The predicted octanol–water partition coefficient (Wildman–Crippen LogP) is 2.89. The second-order valence-corrected chi connectivity index (χ2v) is 8.75. The molecule has 0 aliphatic rings. The number of nitrogens with zero attached hydrogens (tertiary/aromatic N) is 1. The SMILES string of the molecule is CNC(=O)c1cccc(OCC(=O)Nc2cccc(S(=O)(=O)N(C)c3ccccc3)c2)c1. The van der Waals surface area contributed by atoms with Crippen LogP contribution < -0.4 is 19.7 Å². The van der Waals surface area contributed by atoms with Crippen molar-refractivity contribution in [2.24, 2.45) is 0 Å². The second kappa shape index (κ2) is 9.97. The lowest BCUT2D eigenvalue weighted by Crippen LogP contribution is -2.26. The maximum Gasteiger partial charge on any atom is 0.264 e. The molecule has 2 N–H and O–H groups in total. The van der Waals surface area contributed by atoms with Gasteiger partial charge >= 0.3 is 0 Å². The number of rotatable bonds is 8. The first-order valence-corrected chi connectivity index (χ1v) is 11.1. The molecule has 0 atom stereocenters. The quantitative estimate of drug-likeness (QED) is 0.546. The Morgan fingerprint density at radius 1 is 0.938 bits per heavy atom. The maximum atomic E-state index is 12.9. The molecule has 0 saturated carbocycles. The Kier molecular flexibility index (Phi) is 7.11. The molecule has 9 heteroatoms. The zero-order valence-corrected chi connectivity index (χ0v) is 18.4. The fraction of sp³-hybridized carbons (Fsp3) is 0.130. The predicted molar refractivity (Wildman–Crippen MR) is 122 cm³/mol. The van der Waals surface area contributed by atoms with E-state index in [9.17, 15) is 18.0 Å². The van der Waals surface area contributed by atoms with Crippen LogP contribution in [0.25, 0.3) is 0 Å². The lowest BCUT2D eigenvalue weighted by atomic mass is 10.2. The lowest BCUT2D eigenvalue weighted by Gasteiger charge is -2.20. The molecule has 166 valence electrons. The van der Waals surface area contributed by atoms with E-state index in [4.69, 9.17) is 4.74 Å². The van der Waals surface area contributed by atoms with Crippen molar-refractivity contribution in [3.63, 3.8) is 0 Å². The van der Waals surface area contributed by atoms with Crippen LogP contribution >= 0.6 is 0 Å². The average Bonchev–Trinajstić information content (AvgIpc) is 2.82. The molecule has 3 aromatic rings.